The van der Waals surface area contributed by atoms with Gasteiger partial charge in [-0.3, -0.25) is 4.98 Å². The van der Waals surface area contributed by atoms with Crippen LogP contribution in [0, 0.1) is 0 Å². The minimum Gasteiger partial charge on any atom is -0.506 e. The highest BCUT2D eigenvalue weighted by Crippen LogP contribution is 2.07. The number of unbranched alkanes of at least 4 members (excludes halogenated alkanes) is 3. The van der Waals surface area contributed by atoms with Gasteiger partial charge in [-0.1, -0.05) is 26.2 Å². The first-order valence-corrected chi connectivity index (χ1v) is 6.59. The van der Waals surface area contributed by atoms with E-state index in [2.05, 4.69) is 24.1 Å². The van der Waals surface area contributed by atoms with Crippen LogP contribution in [0.15, 0.2) is 18.3 Å². The highest BCUT2D eigenvalue weighted by Gasteiger charge is 2.03. The topological polar surface area (TPSA) is 45.1 Å². The van der Waals surface area contributed by atoms with Crippen molar-refractivity contribution in [3.8, 4) is 5.75 Å². The second-order valence-corrected chi connectivity index (χ2v) is 4.63. The van der Waals surface area contributed by atoms with Crippen molar-refractivity contribution >= 4 is 0 Å². The van der Waals surface area contributed by atoms with Crippen LogP contribution in [0.25, 0.3) is 0 Å². The number of pyridine rings is 1. The molecule has 96 valence electrons. The van der Waals surface area contributed by atoms with Gasteiger partial charge in [0.25, 0.3) is 0 Å². The predicted molar refractivity (Wildman–Crippen MR) is 71.2 cm³/mol. The van der Waals surface area contributed by atoms with Crippen molar-refractivity contribution in [2.75, 3.05) is 6.54 Å². The van der Waals surface area contributed by atoms with E-state index in [4.69, 9.17) is 5.11 Å². The molecule has 0 saturated heterocycles. The summed E-state index contributed by atoms with van der Waals surface area (Å²) < 4.78 is 0. The van der Waals surface area contributed by atoms with Crippen molar-refractivity contribution in [1.82, 2.24) is 10.3 Å². The third-order valence-corrected chi connectivity index (χ3v) is 2.85. The lowest BCUT2D eigenvalue weighted by molar-refractivity contribution is 0.470. The van der Waals surface area contributed by atoms with Gasteiger partial charge < -0.3 is 10.4 Å². The molecule has 0 bridgehead atoms. The summed E-state index contributed by atoms with van der Waals surface area (Å²) in [7, 11) is 0. The molecule has 2 N–H and O–H groups in total. The van der Waals surface area contributed by atoms with Crippen LogP contribution in [0.3, 0.4) is 0 Å². The Balaban J connectivity index is 2.16. The number of aromatic hydroxyl groups is 1. The fourth-order valence-electron chi connectivity index (χ4n) is 1.82. The number of nitrogens with zero attached hydrogens (tertiary/aromatic N) is 1. The van der Waals surface area contributed by atoms with E-state index in [1.54, 1.807) is 6.07 Å². The molecule has 0 amide bonds. The summed E-state index contributed by atoms with van der Waals surface area (Å²) in [5, 5.41) is 12.6. The summed E-state index contributed by atoms with van der Waals surface area (Å²) in [6.07, 6.45) is 7.59. The van der Waals surface area contributed by atoms with Crippen molar-refractivity contribution in [3.63, 3.8) is 0 Å². The minimum absolute atomic E-state index is 0.230. The van der Waals surface area contributed by atoms with Gasteiger partial charge in [0.15, 0.2) is 0 Å². The van der Waals surface area contributed by atoms with Gasteiger partial charge in [0.2, 0.25) is 0 Å². The Hall–Kier alpha value is -1.09. The van der Waals surface area contributed by atoms with Crippen molar-refractivity contribution in [1.29, 1.82) is 0 Å². The van der Waals surface area contributed by atoms with E-state index in [0.29, 0.717) is 6.04 Å². The first-order valence-electron chi connectivity index (χ1n) is 6.59. The number of nitrogens with one attached hydrogen (secondary N) is 1. The normalized spacial score (nSPS) is 12.6. The molecule has 17 heavy (non-hydrogen) atoms. The zero-order valence-electron chi connectivity index (χ0n) is 10.9. The van der Waals surface area contributed by atoms with Gasteiger partial charge in [-0.2, -0.15) is 0 Å². The van der Waals surface area contributed by atoms with Crippen molar-refractivity contribution < 1.29 is 5.11 Å². The summed E-state index contributed by atoms with van der Waals surface area (Å²) in [5.74, 6) is 0.230. The van der Waals surface area contributed by atoms with Crippen molar-refractivity contribution in [2.24, 2.45) is 0 Å². The molecular formula is C14H24N2O. The van der Waals surface area contributed by atoms with E-state index in [9.17, 15) is 0 Å². The Bertz CT molecular complexity index is 298. The van der Waals surface area contributed by atoms with E-state index in [-0.39, 0.29) is 5.75 Å². The Labute approximate surface area is 104 Å². The summed E-state index contributed by atoms with van der Waals surface area (Å²) in [6, 6.07) is 4.01. The molecule has 1 unspecified atom stereocenters. The quantitative estimate of drug-likeness (QED) is 0.682. The molecule has 0 aliphatic heterocycles. The summed E-state index contributed by atoms with van der Waals surface area (Å²) in [6.45, 7) is 5.49. The molecule has 0 aromatic carbocycles. The van der Waals surface area contributed by atoms with Crippen LogP contribution in [0.2, 0.25) is 0 Å². The van der Waals surface area contributed by atoms with Gasteiger partial charge >= 0.3 is 0 Å². The van der Waals surface area contributed by atoms with Gasteiger partial charge in [0.1, 0.15) is 5.75 Å². The lowest BCUT2D eigenvalue weighted by Gasteiger charge is -2.13. The highest BCUT2D eigenvalue weighted by molar-refractivity contribution is 5.18. The van der Waals surface area contributed by atoms with Crippen LogP contribution in [-0.2, 0) is 6.42 Å². The maximum Gasteiger partial charge on any atom is 0.133 e. The van der Waals surface area contributed by atoms with Crippen LogP contribution in [0.5, 0.6) is 5.75 Å². The molecule has 1 aromatic heterocycles. The molecule has 0 aliphatic carbocycles. The van der Waals surface area contributed by atoms with Crippen LogP contribution in [0.4, 0.5) is 0 Å². The van der Waals surface area contributed by atoms with Crippen LogP contribution < -0.4 is 5.32 Å². The number of hydrogen-bond donors (Lipinski definition) is 2. The monoisotopic (exact) mass is 236 g/mol. The fraction of sp³-hybridized carbons (Fsp3) is 0.643. The highest BCUT2D eigenvalue weighted by atomic mass is 16.3. The zero-order valence-corrected chi connectivity index (χ0v) is 10.9. The van der Waals surface area contributed by atoms with Crippen molar-refractivity contribution in [2.45, 2.75) is 52.0 Å². The first-order chi connectivity index (χ1) is 8.22. The van der Waals surface area contributed by atoms with Gasteiger partial charge in [0.05, 0.1) is 6.20 Å². The Morgan fingerprint density at radius 2 is 2.12 bits per heavy atom. The van der Waals surface area contributed by atoms with Gasteiger partial charge in [-0.25, -0.2) is 0 Å². The van der Waals surface area contributed by atoms with E-state index >= 15 is 0 Å². The molecule has 3 nitrogen and oxygen atoms in total. The average Bonchev–Trinajstić information content (AvgIpc) is 2.32. The van der Waals surface area contributed by atoms with Gasteiger partial charge in [-0.05, 0) is 32.0 Å². The van der Waals surface area contributed by atoms with Gasteiger partial charge in [-0.15, -0.1) is 0 Å². The molecule has 0 radical (unpaired) electrons. The predicted octanol–water partition coefficient (Wildman–Crippen LogP) is 2.89. The third kappa shape index (κ3) is 6.27. The van der Waals surface area contributed by atoms with Crippen LogP contribution >= 0.6 is 0 Å². The zero-order chi connectivity index (χ0) is 12.5. The standard InChI is InChI=1S/C14H24N2O/c1-3-4-5-6-9-15-12(2)10-13-7-8-14(17)11-16-13/h7-8,11-12,15,17H,3-6,9-10H2,1-2H3. The van der Waals surface area contributed by atoms with Crippen molar-refractivity contribution in [3.05, 3.63) is 24.0 Å². The SMILES string of the molecule is CCCCCCNC(C)Cc1ccc(O)cn1. The molecule has 0 fully saturated rings. The molecule has 0 saturated carbocycles. The van der Waals surface area contributed by atoms with Crippen LogP contribution in [0.1, 0.15) is 45.2 Å². The fourth-order valence-corrected chi connectivity index (χ4v) is 1.82. The maximum absolute atomic E-state index is 9.14. The molecule has 1 atom stereocenters. The Morgan fingerprint density at radius 3 is 2.76 bits per heavy atom. The van der Waals surface area contributed by atoms with E-state index < -0.39 is 0 Å². The number of aromatic nitrogens is 1. The van der Waals surface area contributed by atoms with E-state index in [1.807, 2.05) is 6.07 Å². The second kappa shape index (κ2) is 8.07. The molecule has 3 heteroatoms. The molecule has 1 aromatic rings. The lowest BCUT2D eigenvalue weighted by Crippen LogP contribution is -2.29. The largest absolute Gasteiger partial charge is 0.506 e. The first kappa shape index (κ1) is 14.0. The average molecular weight is 236 g/mol. The third-order valence-electron chi connectivity index (χ3n) is 2.85. The molecule has 1 rings (SSSR count). The molecule has 0 spiro atoms. The minimum atomic E-state index is 0.230. The maximum atomic E-state index is 9.14. The Morgan fingerprint density at radius 1 is 1.29 bits per heavy atom. The lowest BCUT2D eigenvalue weighted by atomic mass is 10.1. The van der Waals surface area contributed by atoms with E-state index in [1.165, 1.54) is 31.9 Å². The van der Waals surface area contributed by atoms with Crippen LogP contribution in [-0.4, -0.2) is 22.7 Å². The Kier molecular flexibility index (Phi) is 6.63. The number of rotatable bonds is 8. The van der Waals surface area contributed by atoms with Gasteiger partial charge in [0, 0.05) is 18.2 Å². The molecule has 0 aliphatic rings. The molecular weight excluding hydrogens is 212 g/mol. The number of hydrogen-bond acceptors (Lipinski definition) is 3. The smallest absolute Gasteiger partial charge is 0.133 e. The summed E-state index contributed by atoms with van der Waals surface area (Å²) >= 11 is 0. The summed E-state index contributed by atoms with van der Waals surface area (Å²) in [4.78, 5) is 4.19. The summed E-state index contributed by atoms with van der Waals surface area (Å²) in [5.41, 5.74) is 1.02. The molecule has 1 heterocycles. The van der Waals surface area contributed by atoms with E-state index in [0.717, 1.165) is 18.7 Å². The second-order valence-electron chi connectivity index (χ2n) is 4.63.